The molecule has 3 atom stereocenters. The Balaban J connectivity index is 2.19. The molecule has 0 aromatic rings. The molecule has 0 saturated carbocycles. The molecular weight excluding hydrogens is 303 g/mol. The summed E-state index contributed by atoms with van der Waals surface area (Å²) >= 11 is 0.632. The third-order valence-corrected chi connectivity index (χ3v) is 6.02. The quantitative estimate of drug-likeness (QED) is 0.439. The zero-order chi connectivity index (χ0) is 9.42. The molecule has 13 heavy (non-hydrogen) atoms. The van der Waals surface area contributed by atoms with E-state index in [0.29, 0.717) is 0 Å². The molecule has 2 aliphatic heterocycles. The van der Waals surface area contributed by atoms with Crippen LogP contribution in [-0.2, 0) is 7.86 Å². The second kappa shape index (κ2) is 3.82. The van der Waals surface area contributed by atoms with Crippen LogP contribution in [-0.4, -0.2) is 32.0 Å². The highest BCUT2D eigenvalue weighted by molar-refractivity contribution is 14.1. The van der Waals surface area contributed by atoms with Gasteiger partial charge < -0.3 is 10.6 Å². The predicted octanol–water partition coefficient (Wildman–Crippen LogP) is 0.651. The highest BCUT2D eigenvalue weighted by atomic mass is 127. The van der Waals surface area contributed by atoms with Gasteiger partial charge in [-0.1, -0.05) is 0 Å². The molecule has 1 amide bonds. The highest BCUT2D eigenvalue weighted by Gasteiger charge is 2.42. The molecule has 2 fully saturated rings. The number of rotatable bonds is 1. The van der Waals surface area contributed by atoms with E-state index in [9.17, 15) is 7.86 Å². The minimum absolute atomic E-state index is 0.00167. The maximum atomic E-state index is 11.6. The van der Waals surface area contributed by atoms with Crippen LogP contribution in [0.25, 0.3) is 0 Å². The number of piperidine rings is 1. The van der Waals surface area contributed by atoms with Gasteiger partial charge in [0, 0.05) is 5.75 Å². The fraction of sp³-hybridized carbons (Fsp3) is 0.857. The number of alkyl halides is 1. The molecule has 2 saturated heterocycles. The SMILES string of the molecule is N[C@H]1CC[C@@H]2SC[C@@H](I=O)N2C1=O. The van der Waals surface area contributed by atoms with E-state index in [0.717, 1.165) is 18.6 Å². The predicted molar refractivity (Wildman–Crippen MR) is 58.8 cm³/mol. The van der Waals surface area contributed by atoms with E-state index in [4.69, 9.17) is 5.73 Å². The van der Waals surface area contributed by atoms with Gasteiger partial charge in [-0.3, -0.25) is 7.86 Å². The van der Waals surface area contributed by atoms with Crippen LogP contribution in [0.4, 0.5) is 0 Å². The Labute approximate surface area is 91.2 Å². The summed E-state index contributed by atoms with van der Waals surface area (Å²) in [4.78, 5) is 13.4. The van der Waals surface area contributed by atoms with E-state index in [2.05, 4.69) is 0 Å². The molecule has 2 aliphatic rings. The lowest BCUT2D eigenvalue weighted by Crippen LogP contribution is -2.52. The average molecular weight is 314 g/mol. The van der Waals surface area contributed by atoms with Gasteiger partial charge in [0.15, 0.2) is 21.2 Å². The number of hydrogen-bond acceptors (Lipinski definition) is 4. The number of nitrogens with two attached hydrogens (primary N) is 1. The Bertz CT molecular complexity index is 251. The Morgan fingerprint density at radius 2 is 2.31 bits per heavy atom. The van der Waals surface area contributed by atoms with Crippen molar-refractivity contribution in [3.63, 3.8) is 0 Å². The smallest absolute Gasteiger partial charge is 0.241 e. The zero-order valence-electron chi connectivity index (χ0n) is 6.98. The van der Waals surface area contributed by atoms with Gasteiger partial charge in [0.1, 0.15) is 4.05 Å². The van der Waals surface area contributed by atoms with Gasteiger partial charge in [-0.2, -0.15) is 0 Å². The molecule has 6 heteroatoms. The van der Waals surface area contributed by atoms with E-state index in [1.807, 2.05) is 0 Å². The lowest BCUT2D eigenvalue weighted by molar-refractivity contribution is -0.135. The van der Waals surface area contributed by atoms with Crippen LogP contribution >= 0.6 is 33.0 Å². The van der Waals surface area contributed by atoms with Crippen molar-refractivity contribution in [1.82, 2.24) is 4.90 Å². The van der Waals surface area contributed by atoms with Gasteiger partial charge in [0.05, 0.1) is 11.4 Å². The molecule has 2 rings (SSSR count). The number of halogens is 1. The van der Waals surface area contributed by atoms with Crippen LogP contribution < -0.4 is 5.73 Å². The van der Waals surface area contributed by atoms with Gasteiger partial charge >= 0.3 is 0 Å². The van der Waals surface area contributed by atoms with Crippen molar-refractivity contribution in [3.05, 3.63) is 0 Å². The van der Waals surface area contributed by atoms with Crippen LogP contribution in [0.15, 0.2) is 0 Å². The standard InChI is InChI=1S/C7H11IN2O2S/c9-4-1-2-6-10(7(4)11)5(8-12)3-13-6/h4-6H,1-3,9H2/t4-,5-,6-/m0/s1. The summed E-state index contributed by atoms with van der Waals surface area (Å²) in [7, 11) is 0. The third-order valence-electron chi connectivity index (χ3n) is 2.44. The minimum atomic E-state index is -1.11. The van der Waals surface area contributed by atoms with Gasteiger partial charge in [-0.05, 0) is 12.8 Å². The Hall–Kier alpha value is 0.310. The van der Waals surface area contributed by atoms with E-state index in [1.54, 1.807) is 16.7 Å². The van der Waals surface area contributed by atoms with Crippen molar-refractivity contribution in [2.24, 2.45) is 5.73 Å². The number of thioether (sulfide) groups is 1. The first-order chi connectivity index (χ1) is 6.24. The third kappa shape index (κ3) is 1.63. The fourth-order valence-electron chi connectivity index (χ4n) is 1.74. The maximum absolute atomic E-state index is 11.6. The molecule has 74 valence electrons. The Morgan fingerprint density at radius 1 is 1.54 bits per heavy atom. The van der Waals surface area contributed by atoms with Crippen LogP contribution in [0, 0.1) is 0 Å². The number of fused-ring (bicyclic) bond motifs is 1. The molecule has 0 aromatic carbocycles. The molecule has 0 aliphatic carbocycles. The Kier molecular flexibility index (Phi) is 2.89. The topological polar surface area (TPSA) is 63.4 Å². The first-order valence-electron chi connectivity index (χ1n) is 4.19. The van der Waals surface area contributed by atoms with E-state index >= 15 is 0 Å². The fourth-order valence-corrected chi connectivity index (χ4v) is 5.24. The molecule has 2 N–H and O–H groups in total. The van der Waals surface area contributed by atoms with Crippen molar-refractivity contribution >= 4 is 38.9 Å². The van der Waals surface area contributed by atoms with Gasteiger partial charge in [-0.25, -0.2) is 0 Å². The van der Waals surface area contributed by atoms with Crippen molar-refractivity contribution < 1.29 is 7.86 Å². The monoisotopic (exact) mass is 314 g/mol. The number of carbonyl (C=O) groups is 1. The average Bonchev–Trinajstić information content (AvgIpc) is 2.55. The second-order valence-electron chi connectivity index (χ2n) is 3.24. The highest BCUT2D eigenvalue weighted by Crippen LogP contribution is 2.39. The lowest BCUT2D eigenvalue weighted by atomic mass is 10.1. The number of carbonyl (C=O) groups excluding carboxylic acids is 1. The summed E-state index contributed by atoms with van der Waals surface area (Å²) in [6.07, 6.45) is 1.73. The van der Waals surface area contributed by atoms with Crippen LogP contribution in [0.5, 0.6) is 0 Å². The molecule has 0 radical (unpaired) electrons. The van der Waals surface area contributed by atoms with Gasteiger partial charge in [-0.15, -0.1) is 11.8 Å². The first kappa shape index (κ1) is 9.85. The zero-order valence-corrected chi connectivity index (χ0v) is 9.95. The lowest BCUT2D eigenvalue weighted by Gasteiger charge is -2.33. The van der Waals surface area contributed by atoms with Crippen LogP contribution in [0.1, 0.15) is 12.8 Å². The van der Waals surface area contributed by atoms with Crippen LogP contribution in [0.3, 0.4) is 0 Å². The number of nitrogens with zero attached hydrogens (tertiary/aromatic N) is 1. The summed E-state index contributed by atoms with van der Waals surface area (Å²) < 4.78 is 10.9. The summed E-state index contributed by atoms with van der Waals surface area (Å²) in [5.74, 6) is 0.835. The summed E-state index contributed by atoms with van der Waals surface area (Å²) in [5.41, 5.74) is 5.66. The Morgan fingerprint density at radius 3 is 3.00 bits per heavy atom. The van der Waals surface area contributed by atoms with Gasteiger partial charge in [0.25, 0.3) is 0 Å². The van der Waals surface area contributed by atoms with Gasteiger partial charge in [0.2, 0.25) is 5.91 Å². The van der Waals surface area contributed by atoms with Crippen LogP contribution in [0.2, 0.25) is 0 Å². The molecule has 0 bridgehead atoms. The number of hydrogen-bond donors (Lipinski definition) is 1. The second-order valence-corrected chi connectivity index (χ2v) is 6.40. The normalized spacial score (nSPS) is 39.3. The van der Waals surface area contributed by atoms with Crippen molar-refractivity contribution in [2.75, 3.05) is 5.75 Å². The largest absolute Gasteiger partial charge is 0.320 e. The maximum Gasteiger partial charge on any atom is 0.241 e. The van der Waals surface area contributed by atoms with E-state index in [1.165, 1.54) is 0 Å². The molecule has 0 aromatic heterocycles. The summed E-state index contributed by atoms with van der Waals surface area (Å²) in [5, 5.41) is 0.256. The van der Waals surface area contributed by atoms with Crippen molar-refractivity contribution in [1.29, 1.82) is 0 Å². The molecule has 0 unspecified atom stereocenters. The number of amides is 1. The van der Waals surface area contributed by atoms with Crippen molar-refractivity contribution in [2.45, 2.75) is 28.3 Å². The summed E-state index contributed by atoms with van der Waals surface area (Å²) in [6, 6.07) is -0.354. The molecule has 2 heterocycles. The van der Waals surface area contributed by atoms with E-state index < -0.39 is 21.2 Å². The molecule has 4 nitrogen and oxygen atoms in total. The molecular formula is C7H11IN2O2S. The van der Waals surface area contributed by atoms with E-state index in [-0.39, 0.29) is 21.4 Å². The molecule has 0 spiro atoms. The summed E-state index contributed by atoms with van der Waals surface area (Å²) in [6.45, 7) is 0. The first-order valence-corrected chi connectivity index (χ1v) is 7.36. The van der Waals surface area contributed by atoms with Crippen molar-refractivity contribution in [3.8, 4) is 0 Å². The minimum Gasteiger partial charge on any atom is -0.320 e.